The van der Waals surface area contributed by atoms with Gasteiger partial charge in [-0.2, -0.15) is 13.2 Å². The number of ether oxygens (including phenoxy) is 1. The molecule has 0 heterocycles. The van der Waals surface area contributed by atoms with Gasteiger partial charge in [0.25, 0.3) is 0 Å². The largest absolute Gasteiger partial charge is 0.416 e. The summed E-state index contributed by atoms with van der Waals surface area (Å²) < 4.78 is 56.2. The van der Waals surface area contributed by atoms with Crippen LogP contribution >= 0.6 is 0 Å². The van der Waals surface area contributed by atoms with E-state index in [-0.39, 0.29) is 17.8 Å². The third-order valence-corrected chi connectivity index (χ3v) is 3.39. The van der Waals surface area contributed by atoms with Gasteiger partial charge in [-0.15, -0.1) is 0 Å². The predicted molar refractivity (Wildman–Crippen MR) is 63.5 cm³/mol. The second kappa shape index (κ2) is 5.36. The summed E-state index contributed by atoms with van der Waals surface area (Å²) in [6, 6.07) is 2.46. The average molecular weight is 277 g/mol. The van der Waals surface area contributed by atoms with Crippen LogP contribution in [0.3, 0.4) is 0 Å². The lowest BCUT2D eigenvalue weighted by Gasteiger charge is -2.21. The highest BCUT2D eigenvalue weighted by molar-refractivity contribution is 5.48. The quantitative estimate of drug-likeness (QED) is 0.848. The second-order valence-corrected chi connectivity index (χ2v) is 4.65. The van der Waals surface area contributed by atoms with Gasteiger partial charge in [-0.05, 0) is 37.5 Å². The van der Waals surface area contributed by atoms with Gasteiger partial charge in [-0.1, -0.05) is 0 Å². The fourth-order valence-corrected chi connectivity index (χ4v) is 2.38. The van der Waals surface area contributed by atoms with E-state index in [1.807, 2.05) is 0 Å². The van der Waals surface area contributed by atoms with E-state index in [1.54, 1.807) is 7.11 Å². The van der Waals surface area contributed by atoms with Crippen molar-refractivity contribution in [1.82, 2.24) is 0 Å². The van der Waals surface area contributed by atoms with Crippen molar-refractivity contribution in [2.24, 2.45) is 0 Å². The number of halogens is 4. The van der Waals surface area contributed by atoms with E-state index in [1.165, 1.54) is 0 Å². The average Bonchev–Trinajstić information content (AvgIpc) is 2.77. The van der Waals surface area contributed by atoms with Crippen molar-refractivity contribution in [3.8, 4) is 0 Å². The first-order chi connectivity index (χ1) is 8.91. The maximum Gasteiger partial charge on any atom is 0.416 e. The van der Waals surface area contributed by atoms with Crippen LogP contribution in [-0.2, 0) is 10.9 Å². The summed E-state index contributed by atoms with van der Waals surface area (Å²) in [4.78, 5) is 0. The highest BCUT2D eigenvalue weighted by Gasteiger charge is 2.32. The standard InChI is InChI=1S/C13H15F4NO/c1-19-12-4-2-3-11(12)18-10-6-5-8(7-9(10)14)13(15,16)17/h5-7,11-12,18H,2-4H2,1H3. The van der Waals surface area contributed by atoms with E-state index in [4.69, 9.17) is 4.74 Å². The molecule has 1 aromatic carbocycles. The molecule has 0 amide bonds. The van der Waals surface area contributed by atoms with Gasteiger partial charge in [0.1, 0.15) is 5.82 Å². The molecule has 1 aliphatic rings. The summed E-state index contributed by atoms with van der Waals surface area (Å²) in [5, 5.41) is 2.92. The summed E-state index contributed by atoms with van der Waals surface area (Å²) in [6.07, 6.45) is -1.91. The SMILES string of the molecule is COC1CCCC1Nc1ccc(C(F)(F)F)cc1F. The predicted octanol–water partition coefficient (Wildman–Crippen LogP) is 3.82. The lowest BCUT2D eigenvalue weighted by Crippen LogP contribution is -2.30. The molecule has 1 aliphatic carbocycles. The highest BCUT2D eigenvalue weighted by atomic mass is 19.4. The minimum Gasteiger partial charge on any atom is -0.379 e. The molecule has 106 valence electrons. The number of methoxy groups -OCH3 is 1. The molecule has 2 atom stereocenters. The van der Waals surface area contributed by atoms with Crippen molar-refractivity contribution in [2.45, 2.75) is 37.6 Å². The van der Waals surface area contributed by atoms with Crippen LogP contribution in [0.25, 0.3) is 0 Å². The number of nitrogens with one attached hydrogen (secondary N) is 1. The maximum atomic E-state index is 13.7. The smallest absolute Gasteiger partial charge is 0.379 e. The molecule has 1 aromatic rings. The molecule has 0 saturated heterocycles. The molecular weight excluding hydrogens is 262 g/mol. The molecule has 0 aliphatic heterocycles. The Labute approximate surface area is 108 Å². The molecule has 19 heavy (non-hydrogen) atoms. The lowest BCUT2D eigenvalue weighted by molar-refractivity contribution is -0.137. The molecule has 0 aromatic heterocycles. The van der Waals surface area contributed by atoms with Crippen LogP contribution in [0.15, 0.2) is 18.2 Å². The zero-order valence-electron chi connectivity index (χ0n) is 10.4. The third kappa shape index (κ3) is 3.18. The first kappa shape index (κ1) is 14.1. The number of alkyl halides is 3. The van der Waals surface area contributed by atoms with Crippen molar-refractivity contribution in [3.05, 3.63) is 29.6 Å². The molecule has 1 N–H and O–H groups in total. The van der Waals surface area contributed by atoms with Crippen molar-refractivity contribution < 1.29 is 22.3 Å². The van der Waals surface area contributed by atoms with Crippen LogP contribution in [0, 0.1) is 5.82 Å². The number of hydrogen-bond donors (Lipinski definition) is 1. The van der Waals surface area contributed by atoms with Gasteiger partial charge in [0, 0.05) is 7.11 Å². The van der Waals surface area contributed by atoms with Gasteiger partial charge in [-0.25, -0.2) is 4.39 Å². The van der Waals surface area contributed by atoms with Crippen LogP contribution in [0.1, 0.15) is 24.8 Å². The fraction of sp³-hybridized carbons (Fsp3) is 0.538. The van der Waals surface area contributed by atoms with Gasteiger partial charge in [0.2, 0.25) is 0 Å². The Balaban J connectivity index is 2.13. The van der Waals surface area contributed by atoms with Crippen molar-refractivity contribution in [2.75, 3.05) is 12.4 Å². The second-order valence-electron chi connectivity index (χ2n) is 4.65. The van der Waals surface area contributed by atoms with E-state index < -0.39 is 17.6 Å². The van der Waals surface area contributed by atoms with E-state index in [0.29, 0.717) is 6.07 Å². The van der Waals surface area contributed by atoms with E-state index in [9.17, 15) is 17.6 Å². The highest BCUT2D eigenvalue weighted by Crippen LogP contribution is 2.32. The van der Waals surface area contributed by atoms with Gasteiger partial charge in [-0.3, -0.25) is 0 Å². The first-order valence-corrected chi connectivity index (χ1v) is 6.08. The molecule has 1 saturated carbocycles. The first-order valence-electron chi connectivity index (χ1n) is 6.08. The molecule has 0 spiro atoms. The Morgan fingerprint density at radius 1 is 1.26 bits per heavy atom. The van der Waals surface area contributed by atoms with Gasteiger partial charge in [0.15, 0.2) is 0 Å². The zero-order chi connectivity index (χ0) is 14.0. The van der Waals surface area contributed by atoms with Crippen LogP contribution in [0.2, 0.25) is 0 Å². The van der Waals surface area contributed by atoms with Gasteiger partial charge >= 0.3 is 6.18 Å². The number of anilines is 1. The molecule has 1 fully saturated rings. The minimum absolute atomic E-state index is 0.0262. The van der Waals surface area contributed by atoms with Crippen molar-refractivity contribution >= 4 is 5.69 Å². The summed E-state index contributed by atoms with van der Waals surface area (Å²) in [6.45, 7) is 0. The van der Waals surface area contributed by atoms with E-state index >= 15 is 0 Å². The number of benzene rings is 1. The fourth-order valence-electron chi connectivity index (χ4n) is 2.38. The summed E-state index contributed by atoms with van der Waals surface area (Å²) >= 11 is 0. The molecule has 6 heteroatoms. The maximum absolute atomic E-state index is 13.7. The number of rotatable bonds is 3. The summed E-state index contributed by atoms with van der Waals surface area (Å²) in [5.74, 6) is -0.892. The van der Waals surface area contributed by atoms with E-state index in [0.717, 1.165) is 31.4 Å². The third-order valence-electron chi connectivity index (χ3n) is 3.39. The molecule has 2 nitrogen and oxygen atoms in total. The van der Waals surface area contributed by atoms with E-state index in [2.05, 4.69) is 5.32 Å². The van der Waals surface area contributed by atoms with Crippen LogP contribution in [0.5, 0.6) is 0 Å². The topological polar surface area (TPSA) is 21.3 Å². The minimum atomic E-state index is -4.53. The van der Waals surface area contributed by atoms with Crippen molar-refractivity contribution in [1.29, 1.82) is 0 Å². The van der Waals surface area contributed by atoms with Crippen molar-refractivity contribution in [3.63, 3.8) is 0 Å². The summed E-state index contributed by atoms with van der Waals surface area (Å²) in [5.41, 5.74) is -0.896. The van der Waals surface area contributed by atoms with Crippen LogP contribution in [0.4, 0.5) is 23.2 Å². The molecule has 2 unspecified atom stereocenters. The van der Waals surface area contributed by atoms with Crippen LogP contribution < -0.4 is 5.32 Å². The Morgan fingerprint density at radius 2 is 2.00 bits per heavy atom. The Hall–Kier alpha value is -1.30. The Morgan fingerprint density at radius 3 is 2.58 bits per heavy atom. The van der Waals surface area contributed by atoms with Gasteiger partial charge in [0.05, 0.1) is 23.4 Å². The van der Waals surface area contributed by atoms with Crippen LogP contribution in [-0.4, -0.2) is 19.3 Å². The number of hydrogen-bond acceptors (Lipinski definition) is 2. The Kier molecular flexibility index (Phi) is 3.99. The molecule has 2 rings (SSSR count). The van der Waals surface area contributed by atoms with Gasteiger partial charge < -0.3 is 10.1 Å². The zero-order valence-corrected chi connectivity index (χ0v) is 10.4. The lowest BCUT2D eigenvalue weighted by atomic mass is 10.1. The Bertz CT molecular complexity index is 447. The molecule has 0 radical (unpaired) electrons. The molecular formula is C13H15F4NO. The monoisotopic (exact) mass is 277 g/mol. The molecule has 0 bridgehead atoms. The normalized spacial score (nSPS) is 23.6. The summed E-state index contributed by atoms with van der Waals surface area (Å²) in [7, 11) is 1.58.